The number of Topliss-reactive ketones (excluding diaryl/α,β-unsaturated/α-hetero) is 1. The minimum absolute atomic E-state index is 0.0148. The molecule has 0 spiro atoms. The van der Waals surface area contributed by atoms with Gasteiger partial charge in [0.15, 0.2) is 0 Å². The highest BCUT2D eigenvalue weighted by molar-refractivity contribution is 5.79. The topological polar surface area (TPSA) is 58.2 Å². The molecule has 0 aliphatic heterocycles. The van der Waals surface area contributed by atoms with Crippen LogP contribution in [-0.4, -0.2) is 24.8 Å². The lowest BCUT2D eigenvalue weighted by Crippen LogP contribution is -2.47. The van der Waals surface area contributed by atoms with Crippen molar-refractivity contribution in [2.75, 3.05) is 6.54 Å². The lowest BCUT2D eigenvalue weighted by atomic mass is 9.74. The smallest absolute Gasteiger partial charge is 0.207 e. The number of ketones is 1. The van der Waals surface area contributed by atoms with Crippen molar-refractivity contribution < 1.29 is 18.4 Å². The Bertz CT molecular complexity index is 955. The molecule has 0 bridgehead atoms. The molecule has 2 aromatic rings. The zero-order chi connectivity index (χ0) is 26.1. The molecule has 1 aliphatic rings. The molecule has 2 N–H and O–H groups in total. The van der Waals surface area contributed by atoms with E-state index in [-0.39, 0.29) is 22.8 Å². The summed E-state index contributed by atoms with van der Waals surface area (Å²) in [5.41, 5.74) is 2.62. The fourth-order valence-corrected chi connectivity index (χ4v) is 4.65. The van der Waals surface area contributed by atoms with Gasteiger partial charge in [-0.05, 0) is 66.5 Å². The van der Waals surface area contributed by atoms with Crippen LogP contribution in [0, 0.1) is 11.6 Å². The predicted molar refractivity (Wildman–Crippen MR) is 137 cm³/mol. The third-order valence-corrected chi connectivity index (χ3v) is 6.61. The summed E-state index contributed by atoms with van der Waals surface area (Å²) in [5.74, 6) is -0.969. The summed E-state index contributed by atoms with van der Waals surface area (Å²) in [7, 11) is 0. The van der Waals surface area contributed by atoms with E-state index in [9.17, 15) is 18.4 Å². The van der Waals surface area contributed by atoms with Crippen LogP contribution < -0.4 is 10.6 Å². The van der Waals surface area contributed by atoms with Gasteiger partial charge in [0.2, 0.25) is 6.41 Å². The Balaban J connectivity index is 0.00000210. The summed E-state index contributed by atoms with van der Waals surface area (Å²) in [6.45, 7) is 11.1. The van der Waals surface area contributed by atoms with Gasteiger partial charge < -0.3 is 10.6 Å². The van der Waals surface area contributed by atoms with E-state index in [2.05, 4.69) is 55.7 Å². The monoisotopic (exact) mass is 486 g/mol. The van der Waals surface area contributed by atoms with Crippen LogP contribution in [-0.2, 0) is 27.0 Å². The van der Waals surface area contributed by atoms with Gasteiger partial charge in [-0.25, -0.2) is 8.78 Å². The highest BCUT2D eigenvalue weighted by atomic mass is 19.1. The molecule has 0 radical (unpaired) electrons. The van der Waals surface area contributed by atoms with Crippen LogP contribution in [0.1, 0.15) is 83.4 Å². The van der Waals surface area contributed by atoms with E-state index < -0.39 is 11.6 Å². The molecular formula is C29H40F2N2O2. The van der Waals surface area contributed by atoms with Gasteiger partial charge in [-0.3, -0.25) is 9.59 Å². The summed E-state index contributed by atoms with van der Waals surface area (Å²) < 4.78 is 27.2. The molecule has 1 fully saturated rings. The second-order valence-electron chi connectivity index (χ2n) is 10.1. The van der Waals surface area contributed by atoms with Gasteiger partial charge in [-0.1, -0.05) is 58.9 Å². The number of halogens is 2. The van der Waals surface area contributed by atoms with Gasteiger partial charge in [0.05, 0.1) is 0 Å². The fraction of sp³-hybridized carbons (Fsp3) is 0.517. The summed E-state index contributed by atoms with van der Waals surface area (Å²) in [4.78, 5) is 23.1. The van der Waals surface area contributed by atoms with Crippen LogP contribution in [0.2, 0.25) is 0 Å². The van der Waals surface area contributed by atoms with Crippen LogP contribution >= 0.6 is 0 Å². The molecule has 1 atom stereocenters. The number of rotatable bonds is 9. The molecule has 2 aromatic carbocycles. The van der Waals surface area contributed by atoms with Gasteiger partial charge in [0.25, 0.3) is 0 Å². The molecule has 1 aliphatic carbocycles. The fourth-order valence-electron chi connectivity index (χ4n) is 4.65. The SMILES string of the molecule is CC.CC(C)(C)c1cccc(C2(NCC[C@H](Cc3cc(F)cc(F)c3)NC=O)CCC(=O)CC2)c1. The second-order valence-corrected chi connectivity index (χ2v) is 10.1. The van der Waals surface area contributed by atoms with Crippen molar-refractivity contribution in [3.05, 3.63) is 70.8 Å². The number of benzene rings is 2. The van der Waals surface area contributed by atoms with E-state index in [1.165, 1.54) is 23.3 Å². The number of carbonyl (C=O) groups excluding carboxylic acids is 2. The first-order valence-corrected chi connectivity index (χ1v) is 12.6. The first-order chi connectivity index (χ1) is 16.6. The molecule has 6 heteroatoms. The summed E-state index contributed by atoms with van der Waals surface area (Å²) >= 11 is 0. The minimum atomic E-state index is -0.627. The van der Waals surface area contributed by atoms with Crippen molar-refractivity contribution in [2.24, 2.45) is 0 Å². The Kier molecular flexibility index (Phi) is 10.6. The Hall–Kier alpha value is -2.60. The third-order valence-electron chi connectivity index (χ3n) is 6.61. The van der Waals surface area contributed by atoms with Gasteiger partial charge >= 0.3 is 0 Å². The van der Waals surface area contributed by atoms with Gasteiger partial charge in [0.1, 0.15) is 17.4 Å². The summed E-state index contributed by atoms with van der Waals surface area (Å²) in [6.07, 6.45) is 4.06. The average molecular weight is 487 g/mol. The molecule has 3 rings (SSSR count). The maximum Gasteiger partial charge on any atom is 0.207 e. The van der Waals surface area contributed by atoms with Crippen molar-refractivity contribution in [1.29, 1.82) is 0 Å². The largest absolute Gasteiger partial charge is 0.356 e. The lowest BCUT2D eigenvalue weighted by Gasteiger charge is -2.39. The van der Waals surface area contributed by atoms with Crippen LogP contribution in [0.3, 0.4) is 0 Å². The van der Waals surface area contributed by atoms with Crippen molar-refractivity contribution in [3.63, 3.8) is 0 Å². The molecule has 1 amide bonds. The predicted octanol–water partition coefficient (Wildman–Crippen LogP) is 5.96. The summed E-state index contributed by atoms with van der Waals surface area (Å²) in [5, 5.41) is 6.47. The van der Waals surface area contributed by atoms with E-state index in [0.29, 0.717) is 44.2 Å². The second kappa shape index (κ2) is 12.9. The minimum Gasteiger partial charge on any atom is -0.356 e. The average Bonchev–Trinajstić information content (AvgIpc) is 2.81. The molecule has 4 nitrogen and oxygen atoms in total. The lowest BCUT2D eigenvalue weighted by molar-refractivity contribution is -0.121. The number of hydrogen-bond acceptors (Lipinski definition) is 3. The van der Waals surface area contributed by atoms with Gasteiger partial charge in [-0.2, -0.15) is 0 Å². The zero-order valence-corrected chi connectivity index (χ0v) is 21.7. The Morgan fingerprint density at radius 3 is 2.23 bits per heavy atom. The summed E-state index contributed by atoms with van der Waals surface area (Å²) in [6, 6.07) is 11.7. The maximum atomic E-state index is 13.6. The van der Waals surface area contributed by atoms with E-state index in [1.54, 1.807) is 0 Å². The van der Waals surface area contributed by atoms with Crippen LogP contribution in [0.15, 0.2) is 42.5 Å². The zero-order valence-electron chi connectivity index (χ0n) is 21.7. The van der Waals surface area contributed by atoms with Gasteiger partial charge in [0, 0.05) is 30.5 Å². The maximum absolute atomic E-state index is 13.6. The Morgan fingerprint density at radius 1 is 1.03 bits per heavy atom. The van der Waals surface area contributed by atoms with Crippen molar-refractivity contribution >= 4 is 12.2 Å². The molecule has 1 saturated carbocycles. The number of nitrogens with one attached hydrogen (secondary N) is 2. The molecular weight excluding hydrogens is 446 g/mol. The molecule has 0 heterocycles. The van der Waals surface area contributed by atoms with Crippen LogP contribution in [0.4, 0.5) is 8.78 Å². The normalized spacial score (nSPS) is 16.1. The Morgan fingerprint density at radius 2 is 1.66 bits per heavy atom. The van der Waals surface area contributed by atoms with E-state index in [0.717, 1.165) is 18.9 Å². The molecule has 0 unspecified atom stereocenters. The van der Waals surface area contributed by atoms with E-state index in [1.807, 2.05) is 13.8 Å². The molecule has 0 saturated heterocycles. The number of amides is 1. The van der Waals surface area contributed by atoms with Crippen molar-refractivity contribution in [3.8, 4) is 0 Å². The quantitative estimate of drug-likeness (QED) is 0.430. The first kappa shape index (κ1) is 28.6. The van der Waals surface area contributed by atoms with Crippen LogP contribution in [0.5, 0.6) is 0 Å². The standard InChI is InChI=1S/C27H34F2N2O2.C2H6/c1-26(2,3)20-5-4-6-21(16-20)27(10-7-25(33)8-11-27)31-12-9-24(30-18-32)15-19-13-22(28)17-23(29)14-19;1-2/h4-6,13-14,16-18,24,31H,7-12,15H2,1-3H3,(H,30,32);1-2H3/t24-;/m1./s1. The Labute approximate surface area is 208 Å². The third kappa shape index (κ3) is 8.24. The van der Waals surface area contributed by atoms with Crippen molar-refractivity contribution in [1.82, 2.24) is 10.6 Å². The van der Waals surface area contributed by atoms with E-state index in [4.69, 9.17) is 0 Å². The number of carbonyl (C=O) groups is 2. The van der Waals surface area contributed by atoms with Gasteiger partial charge in [-0.15, -0.1) is 0 Å². The highest BCUT2D eigenvalue weighted by Gasteiger charge is 2.36. The first-order valence-electron chi connectivity index (χ1n) is 12.6. The van der Waals surface area contributed by atoms with Crippen LogP contribution in [0.25, 0.3) is 0 Å². The van der Waals surface area contributed by atoms with E-state index >= 15 is 0 Å². The molecule has 35 heavy (non-hydrogen) atoms. The highest BCUT2D eigenvalue weighted by Crippen LogP contribution is 2.37. The van der Waals surface area contributed by atoms with Crippen molar-refractivity contribution in [2.45, 2.75) is 90.1 Å². The molecule has 0 aromatic heterocycles. The molecule has 192 valence electrons. The number of hydrogen-bond donors (Lipinski definition) is 2.